The van der Waals surface area contributed by atoms with E-state index in [1.165, 1.54) is 5.56 Å². The summed E-state index contributed by atoms with van der Waals surface area (Å²) in [6.07, 6.45) is 7.03. The van der Waals surface area contributed by atoms with Gasteiger partial charge in [0.15, 0.2) is 0 Å². The lowest BCUT2D eigenvalue weighted by molar-refractivity contribution is 0.915. The van der Waals surface area contributed by atoms with Crippen molar-refractivity contribution in [1.29, 1.82) is 0 Å². The van der Waals surface area contributed by atoms with E-state index in [0.717, 1.165) is 12.2 Å². The van der Waals surface area contributed by atoms with Crippen LogP contribution >= 0.6 is 0 Å². The molecule has 2 aromatic heterocycles. The maximum Gasteiger partial charge on any atom is 0.0573 e. The van der Waals surface area contributed by atoms with Crippen molar-refractivity contribution in [2.75, 3.05) is 17.7 Å². The number of nitrogen functional groups attached to an aromatic ring is 1. The Labute approximate surface area is 94.8 Å². The molecular weight excluding hydrogens is 200 g/mol. The molecule has 16 heavy (non-hydrogen) atoms. The van der Waals surface area contributed by atoms with Gasteiger partial charge in [-0.3, -0.25) is 9.97 Å². The number of aromatic nitrogens is 2. The van der Waals surface area contributed by atoms with Gasteiger partial charge in [-0.05, 0) is 23.8 Å². The number of nitrogens with zero attached hydrogens (tertiary/aromatic N) is 3. The second-order valence-electron chi connectivity index (χ2n) is 3.69. The van der Waals surface area contributed by atoms with E-state index in [9.17, 15) is 0 Å². The van der Waals surface area contributed by atoms with E-state index < -0.39 is 0 Å². The van der Waals surface area contributed by atoms with E-state index in [1.807, 2.05) is 25.2 Å². The first-order valence-electron chi connectivity index (χ1n) is 5.06. The highest BCUT2D eigenvalue weighted by Gasteiger charge is 2.02. The van der Waals surface area contributed by atoms with E-state index in [2.05, 4.69) is 14.9 Å². The van der Waals surface area contributed by atoms with Gasteiger partial charge in [0.1, 0.15) is 0 Å². The number of hydrogen-bond acceptors (Lipinski definition) is 4. The van der Waals surface area contributed by atoms with Gasteiger partial charge in [-0.2, -0.15) is 0 Å². The van der Waals surface area contributed by atoms with Crippen LogP contribution in [-0.4, -0.2) is 17.0 Å². The van der Waals surface area contributed by atoms with Crippen LogP contribution < -0.4 is 10.6 Å². The summed E-state index contributed by atoms with van der Waals surface area (Å²) < 4.78 is 0. The lowest BCUT2D eigenvalue weighted by Gasteiger charge is -2.19. The van der Waals surface area contributed by atoms with Crippen molar-refractivity contribution in [1.82, 2.24) is 9.97 Å². The summed E-state index contributed by atoms with van der Waals surface area (Å²) in [5, 5.41) is 0. The summed E-state index contributed by atoms with van der Waals surface area (Å²) in [5.41, 5.74) is 8.59. The molecule has 0 fully saturated rings. The Morgan fingerprint density at radius 2 is 1.94 bits per heavy atom. The highest BCUT2D eigenvalue weighted by atomic mass is 15.1. The van der Waals surface area contributed by atoms with Crippen molar-refractivity contribution in [2.24, 2.45) is 0 Å². The third-order valence-corrected chi connectivity index (χ3v) is 2.35. The van der Waals surface area contributed by atoms with Crippen molar-refractivity contribution in [3.63, 3.8) is 0 Å². The van der Waals surface area contributed by atoms with E-state index in [4.69, 9.17) is 5.73 Å². The van der Waals surface area contributed by atoms with Crippen LogP contribution in [0.15, 0.2) is 43.0 Å². The molecule has 0 atom stereocenters. The van der Waals surface area contributed by atoms with Gasteiger partial charge >= 0.3 is 0 Å². The van der Waals surface area contributed by atoms with Crippen molar-refractivity contribution in [3.05, 3.63) is 48.5 Å². The fourth-order valence-electron chi connectivity index (χ4n) is 1.51. The molecule has 4 nitrogen and oxygen atoms in total. The predicted molar refractivity (Wildman–Crippen MR) is 65.0 cm³/mol. The van der Waals surface area contributed by atoms with Crippen LogP contribution in [0.4, 0.5) is 11.4 Å². The first kappa shape index (κ1) is 10.4. The summed E-state index contributed by atoms with van der Waals surface area (Å²) in [6.45, 7) is 0.813. The molecule has 0 radical (unpaired) electrons. The minimum Gasteiger partial charge on any atom is -0.397 e. The van der Waals surface area contributed by atoms with Crippen LogP contribution in [0, 0.1) is 0 Å². The van der Waals surface area contributed by atoms with E-state index in [-0.39, 0.29) is 0 Å². The molecule has 2 heterocycles. The van der Waals surface area contributed by atoms with Gasteiger partial charge in [-0.25, -0.2) is 0 Å². The van der Waals surface area contributed by atoms with Gasteiger partial charge in [0, 0.05) is 32.2 Å². The third-order valence-electron chi connectivity index (χ3n) is 2.35. The number of anilines is 2. The summed E-state index contributed by atoms with van der Waals surface area (Å²) in [7, 11) is 2.01. The second-order valence-corrected chi connectivity index (χ2v) is 3.69. The normalized spacial score (nSPS) is 10.1. The molecule has 0 aliphatic carbocycles. The molecular formula is C12H14N4. The predicted octanol–water partition coefficient (Wildman–Crippen LogP) is 1.70. The number of rotatable bonds is 3. The van der Waals surface area contributed by atoms with Gasteiger partial charge in [0.2, 0.25) is 0 Å². The smallest absolute Gasteiger partial charge is 0.0573 e. The van der Waals surface area contributed by atoms with Crippen LogP contribution in [0.3, 0.4) is 0 Å². The highest BCUT2D eigenvalue weighted by molar-refractivity contribution is 5.52. The van der Waals surface area contributed by atoms with Crippen LogP contribution in [0.2, 0.25) is 0 Å². The maximum atomic E-state index is 5.69. The maximum absolute atomic E-state index is 5.69. The topological polar surface area (TPSA) is 55.0 Å². The number of pyridine rings is 2. The zero-order valence-electron chi connectivity index (χ0n) is 9.17. The number of hydrogen-bond donors (Lipinski definition) is 1. The standard InChI is InChI=1S/C12H14N4/c1-16(9-10-2-4-14-5-3-10)12-6-11(13)7-15-8-12/h2-8H,9,13H2,1H3. The molecule has 2 aromatic rings. The molecule has 0 saturated heterocycles. The van der Waals surface area contributed by atoms with Crippen LogP contribution in [0.5, 0.6) is 0 Å². The minimum absolute atomic E-state index is 0.680. The molecule has 0 bridgehead atoms. The second kappa shape index (κ2) is 4.61. The first-order chi connectivity index (χ1) is 7.75. The van der Waals surface area contributed by atoms with E-state index in [0.29, 0.717) is 5.69 Å². The molecule has 0 aliphatic rings. The third kappa shape index (κ3) is 2.48. The van der Waals surface area contributed by atoms with Crippen molar-refractivity contribution in [3.8, 4) is 0 Å². The van der Waals surface area contributed by atoms with Crippen molar-refractivity contribution in [2.45, 2.75) is 6.54 Å². The lowest BCUT2D eigenvalue weighted by Crippen LogP contribution is -2.16. The average molecular weight is 214 g/mol. The Morgan fingerprint density at radius 3 is 2.62 bits per heavy atom. The fourth-order valence-corrected chi connectivity index (χ4v) is 1.51. The van der Waals surface area contributed by atoms with Gasteiger partial charge in [-0.1, -0.05) is 0 Å². The summed E-state index contributed by atoms with van der Waals surface area (Å²) in [6, 6.07) is 5.90. The monoisotopic (exact) mass is 214 g/mol. The molecule has 0 spiro atoms. The van der Waals surface area contributed by atoms with Gasteiger partial charge in [0.25, 0.3) is 0 Å². The molecule has 2 rings (SSSR count). The largest absolute Gasteiger partial charge is 0.397 e. The molecule has 4 heteroatoms. The molecule has 0 unspecified atom stereocenters. The quantitative estimate of drug-likeness (QED) is 0.844. The fraction of sp³-hybridized carbons (Fsp3) is 0.167. The minimum atomic E-state index is 0.680. The Bertz CT molecular complexity index is 456. The lowest BCUT2D eigenvalue weighted by atomic mass is 10.2. The SMILES string of the molecule is CN(Cc1ccncc1)c1cncc(N)c1. The molecule has 0 saturated carbocycles. The van der Waals surface area contributed by atoms with Crippen molar-refractivity contribution < 1.29 is 0 Å². The molecule has 82 valence electrons. The molecule has 0 aromatic carbocycles. The van der Waals surface area contributed by atoms with Crippen LogP contribution in [0.25, 0.3) is 0 Å². The Balaban J connectivity index is 2.12. The zero-order valence-corrected chi connectivity index (χ0v) is 9.17. The van der Waals surface area contributed by atoms with Gasteiger partial charge in [0.05, 0.1) is 17.6 Å². The Hall–Kier alpha value is -2.10. The summed E-state index contributed by atoms with van der Waals surface area (Å²) >= 11 is 0. The van der Waals surface area contributed by atoms with Gasteiger partial charge in [-0.15, -0.1) is 0 Å². The molecule has 2 N–H and O–H groups in total. The summed E-state index contributed by atoms with van der Waals surface area (Å²) in [5.74, 6) is 0. The van der Waals surface area contributed by atoms with E-state index in [1.54, 1.807) is 24.8 Å². The Morgan fingerprint density at radius 1 is 1.19 bits per heavy atom. The zero-order chi connectivity index (χ0) is 11.4. The average Bonchev–Trinajstić information content (AvgIpc) is 2.30. The molecule has 0 aliphatic heterocycles. The van der Waals surface area contributed by atoms with Crippen molar-refractivity contribution >= 4 is 11.4 Å². The number of nitrogens with two attached hydrogens (primary N) is 1. The first-order valence-corrected chi connectivity index (χ1v) is 5.06. The summed E-state index contributed by atoms with van der Waals surface area (Å²) in [4.78, 5) is 10.2. The van der Waals surface area contributed by atoms with Crippen LogP contribution in [0.1, 0.15) is 5.56 Å². The molecule has 0 amide bonds. The van der Waals surface area contributed by atoms with E-state index >= 15 is 0 Å². The Kier molecular flexibility index (Phi) is 3.00. The van der Waals surface area contributed by atoms with Gasteiger partial charge < -0.3 is 10.6 Å². The van der Waals surface area contributed by atoms with Crippen LogP contribution in [-0.2, 0) is 6.54 Å². The highest BCUT2D eigenvalue weighted by Crippen LogP contribution is 2.16.